The Labute approximate surface area is 201 Å². The van der Waals surface area contributed by atoms with Crippen LogP contribution in [0.3, 0.4) is 0 Å². The van der Waals surface area contributed by atoms with Crippen LogP contribution in [0.5, 0.6) is 0 Å². The molecule has 4 unspecified atom stereocenters. The largest absolute Gasteiger partial charge is 0.396 e. The highest BCUT2D eigenvalue weighted by molar-refractivity contribution is 8.02. The van der Waals surface area contributed by atoms with Crippen LogP contribution in [0.1, 0.15) is 19.4 Å². The van der Waals surface area contributed by atoms with Gasteiger partial charge in [0.15, 0.2) is 0 Å². The molecule has 3 heterocycles. The number of hydrogen-bond acceptors (Lipinski definition) is 9. The van der Waals surface area contributed by atoms with Gasteiger partial charge in [0.1, 0.15) is 5.70 Å². The number of fused-ring (bicyclic) bond motifs is 1. The summed E-state index contributed by atoms with van der Waals surface area (Å²) in [6.07, 6.45) is -0.304. The van der Waals surface area contributed by atoms with Crippen LogP contribution in [-0.4, -0.2) is 64.6 Å². The molecular weight excluding hydrogens is 458 g/mol. The third-order valence-corrected chi connectivity index (χ3v) is 8.12. The molecule has 9 nitrogen and oxygen atoms in total. The van der Waals surface area contributed by atoms with Crippen LogP contribution in [-0.2, 0) is 20.9 Å². The van der Waals surface area contributed by atoms with Gasteiger partial charge in [0.05, 0.1) is 48.1 Å². The van der Waals surface area contributed by atoms with Gasteiger partial charge in [-0.1, -0.05) is 31.2 Å². The lowest BCUT2D eigenvalue weighted by atomic mass is 9.78. The van der Waals surface area contributed by atoms with Gasteiger partial charge < -0.3 is 19.4 Å². The quantitative estimate of drug-likeness (QED) is 0.245. The molecule has 4 atom stereocenters. The molecule has 1 fully saturated rings. The Morgan fingerprint density at radius 1 is 1.26 bits per heavy atom. The number of benzene rings is 2. The van der Waals surface area contributed by atoms with E-state index in [1.54, 1.807) is 6.92 Å². The topological polar surface area (TPSA) is 114 Å². The zero-order chi connectivity index (χ0) is 24.3. The van der Waals surface area contributed by atoms with Crippen molar-refractivity contribution in [2.75, 3.05) is 28.8 Å². The van der Waals surface area contributed by atoms with Gasteiger partial charge in [-0.05, 0) is 35.9 Å². The van der Waals surface area contributed by atoms with Gasteiger partial charge in [0, 0.05) is 25.0 Å². The lowest BCUT2D eigenvalue weighted by molar-refractivity contribution is -0.232. The number of amides is 1. The SMILES string of the molecule is CC(O)C1C(=O)N2C(C(=O)OO)=C(CN3SN(C)c4c(CCO)ccc5cccc3c45)C(C)C12. The van der Waals surface area contributed by atoms with Crippen molar-refractivity contribution in [3.8, 4) is 0 Å². The van der Waals surface area contributed by atoms with Gasteiger partial charge in [-0.2, -0.15) is 5.26 Å². The van der Waals surface area contributed by atoms with Gasteiger partial charge in [-0.15, -0.1) is 0 Å². The second kappa shape index (κ2) is 8.46. The zero-order valence-corrected chi connectivity index (χ0v) is 20.0. The average Bonchev–Trinajstić information content (AvgIpc) is 3.05. The van der Waals surface area contributed by atoms with Crippen molar-refractivity contribution in [3.05, 3.63) is 47.2 Å². The molecule has 3 aliphatic rings. The summed E-state index contributed by atoms with van der Waals surface area (Å²) >= 11 is 1.47. The van der Waals surface area contributed by atoms with Crippen LogP contribution in [0, 0.1) is 11.8 Å². The Kier molecular flexibility index (Phi) is 5.71. The minimum Gasteiger partial charge on any atom is -0.396 e. The van der Waals surface area contributed by atoms with E-state index in [-0.39, 0.29) is 30.2 Å². The molecule has 1 saturated heterocycles. The Bertz CT molecular complexity index is 1210. The highest BCUT2D eigenvalue weighted by Crippen LogP contribution is 2.51. The van der Waals surface area contributed by atoms with Crippen molar-refractivity contribution in [2.45, 2.75) is 32.4 Å². The molecule has 0 saturated carbocycles. The number of rotatable bonds is 6. The maximum atomic E-state index is 12.8. The summed E-state index contributed by atoms with van der Waals surface area (Å²) < 4.78 is 4.10. The van der Waals surface area contributed by atoms with Crippen molar-refractivity contribution >= 4 is 46.2 Å². The standard InChI is InChI=1S/C24H27N3O6S/c1-12-16(22(24(31)33-32)27-20(12)18(13(2)29)23(27)30)11-26-17-6-4-5-14-7-8-15(9-10-28)21(19(14)17)25(3)34-26/h4-8,12-13,18,20,28-29,32H,9-11H2,1-3H3. The fourth-order valence-corrected chi connectivity index (χ4v) is 6.68. The lowest BCUT2D eigenvalue weighted by Gasteiger charge is -2.46. The lowest BCUT2D eigenvalue weighted by Crippen LogP contribution is -2.63. The molecule has 0 radical (unpaired) electrons. The minimum absolute atomic E-state index is 0.0512. The van der Waals surface area contributed by atoms with E-state index in [1.807, 2.05) is 48.6 Å². The summed E-state index contributed by atoms with van der Waals surface area (Å²) in [5.74, 6) is -2.12. The first-order chi connectivity index (χ1) is 16.3. The molecule has 0 spiro atoms. The minimum atomic E-state index is -0.971. The van der Waals surface area contributed by atoms with E-state index in [4.69, 9.17) is 5.26 Å². The van der Waals surface area contributed by atoms with E-state index in [0.29, 0.717) is 18.5 Å². The summed E-state index contributed by atoms with van der Waals surface area (Å²) in [7, 11) is 1.96. The third-order valence-electron chi connectivity index (χ3n) is 7.17. The van der Waals surface area contributed by atoms with E-state index >= 15 is 0 Å². The van der Waals surface area contributed by atoms with E-state index < -0.39 is 18.0 Å². The second-order valence-electron chi connectivity index (χ2n) is 9.04. The van der Waals surface area contributed by atoms with Crippen LogP contribution in [0.15, 0.2) is 41.6 Å². The van der Waals surface area contributed by atoms with Crippen molar-refractivity contribution < 1.29 is 29.9 Å². The number of β-lactam (4-membered cyclic amide) rings is 1. The molecule has 3 aliphatic heterocycles. The normalized spacial score (nSPS) is 24.5. The van der Waals surface area contributed by atoms with Crippen molar-refractivity contribution in [3.63, 3.8) is 0 Å². The van der Waals surface area contributed by atoms with Crippen LogP contribution >= 0.6 is 12.1 Å². The highest BCUT2D eigenvalue weighted by Gasteiger charge is 2.60. The maximum absolute atomic E-state index is 12.8. The first kappa shape index (κ1) is 23.0. The van der Waals surface area contributed by atoms with Gasteiger partial charge >= 0.3 is 5.97 Å². The zero-order valence-electron chi connectivity index (χ0n) is 19.1. The van der Waals surface area contributed by atoms with E-state index in [9.17, 15) is 19.8 Å². The van der Waals surface area contributed by atoms with E-state index in [0.717, 1.165) is 27.7 Å². The highest BCUT2D eigenvalue weighted by atomic mass is 32.2. The van der Waals surface area contributed by atoms with Gasteiger partial charge in [-0.25, -0.2) is 4.79 Å². The predicted molar refractivity (Wildman–Crippen MR) is 129 cm³/mol. The molecule has 10 heteroatoms. The molecule has 0 aromatic heterocycles. The van der Waals surface area contributed by atoms with Crippen molar-refractivity contribution in [1.82, 2.24) is 4.90 Å². The number of carbonyl (C=O) groups is 2. The number of aliphatic hydroxyl groups excluding tert-OH is 2. The van der Waals surface area contributed by atoms with Gasteiger partial charge in [0.2, 0.25) is 5.91 Å². The molecule has 1 amide bonds. The van der Waals surface area contributed by atoms with Crippen LogP contribution in [0.2, 0.25) is 0 Å². The van der Waals surface area contributed by atoms with Crippen molar-refractivity contribution in [1.29, 1.82) is 0 Å². The molecule has 5 rings (SSSR count). The first-order valence-electron chi connectivity index (χ1n) is 11.2. The smallest absolute Gasteiger partial charge is 0.389 e. The van der Waals surface area contributed by atoms with Gasteiger partial charge in [0.25, 0.3) is 0 Å². The summed E-state index contributed by atoms with van der Waals surface area (Å²) in [5.41, 5.74) is 3.77. The molecule has 0 bridgehead atoms. The molecular formula is C24H27N3O6S. The molecule has 3 N–H and O–H groups in total. The fourth-order valence-electron chi connectivity index (χ4n) is 5.66. The predicted octanol–water partition coefficient (Wildman–Crippen LogP) is 2.32. The summed E-state index contributed by atoms with van der Waals surface area (Å²) in [4.78, 5) is 30.7. The summed E-state index contributed by atoms with van der Waals surface area (Å²) in [6.45, 7) is 3.87. The van der Waals surface area contributed by atoms with Crippen LogP contribution < -0.4 is 8.61 Å². The van der Waals surface area contributed by atoms with E-state index in [1.165, 1.54) is 17.0 Å². The Morgan fingerprint density at radius 3 is 2.71 bits per heavy atom. The third kappa shape index (κ3) is 3.20. The first-order valence-corrected chi connectivity index (χ1v) is 12.0. The van der Waals surface area contributed by atoms with Crippen molar-refractivity contribution in [2.24, 2.45) is 11.8 Å². The monoisotopic (exact) mass is 485 g/mol. The Morgan fingerprint density at radius 2 is 2.03 bits per heavy atom. The number of carbonyl (C=O) groups excluding carboxylic acids is 2. The molecule has 34 heavy (non-hydrogen) atoms. The number of nitrogens with zero attached hydrogens (tertiary/aromatic N) is 3. The summed E-state index contributed by atoms with van der Waals surface area (Å²) in [5, 5.41) is 30.9. The average molecular weight is 486 g/mol. The molecule has 2 aromatic carbocycles. The Balaban J connectivity index is 1.59. The number of aliphatic hydroxyl groups is 2. The summed E-state index contributed by atoms with van der Waals surface area (Å²) in [6, 6.07) is 9.74. The number of anilines is 2. The van der Waals surface area contributed by atoms with Gasteiger partial charge in [-0.3, -0.25) is 14.0 Å². The van der Waals surface area contributed by atoms with Crippen LogP contribution in [0.25, 0.3) is 10.8 Å². The number of hydrogen-bond donors (Lipinski definition) is 3. The Hall–Kier alpha value is -2.79. The van der Waals surface area contributed by atoms with Crippen LogP contribution in [0.4, 0.5) is 11.4 Å². The maximum Gasteiger partial charge on any atom is 0.389 e. The van der Waals surface area contributed by atoms with E-state index in [2.05, 4.69) is 9.19 Å². The molecule has 2 aromatic rings. The molecule has 180 valence electrons. The fraction of sp³-hybridized carbons (Fsp3) is 0.417. The second-order valence-corrected chi connectivity index (χ2v) is 10.2. The molecule has 0 aliphatic carbocycles.